The molecular formula is C17H23N3O. The predicted octanol–water partition coefficient (Wildman–Crippen LogP) is 3.08. The van der Waals surface area contributed by atoms with E-state index in [0.717, 1.165) is 36.1 Å². The molecule has 4 heteroatoms. The molecule has 0 aliphatic carbocycles. The summed E-state index contributed by atoms with van der Waals surface area (Å²) in [6, 6.07) is 5.81. The Morgan fingerprint density at radius 1 is 1.43 bits per heavy atom. The van der Waals surface area contributed by atoms with Crippen LogP contribution >= 0.6 is 0 Å². The van der Waals surface area contributed by atoms with Crippen molar-refractivity contribution in [1.29, 1.82) is 0 Å². The first-order chi connectivity index (χ1) is 10.0. The van der Waals surface area contributed by atoms with E-state index in [9.17, 15) is 4.79 Å². The lowest BCUT2D eigenvalue weighted by Gasteiger charge is -2.17. The number of nitrogens with zero attached hydrogens (tertiary/aromatic N) is 3. The summed E-state index contributed by atoms with van der Waals surface area (Å²) >= 11 is 0. The second-order valence-electron chi connectivity index (χ2n) is 6.59. The highest BCUT2D eigenvalue weighted by molar-refractivity contribution is 5.97. The van der Waals surface area contributed by atoms with Gasteiger partial charge >= 0.3 is 0 Å². The SMILES string of the molecule is CC(C)CC1CCN(C(=O)c2ccc3c(c2)ncn3C)C1. The maximum Gasteiger partial charge on any atom is 0.253 e. The first kappa shape index (κ1) is 14.1. The fraction of sp³-hybridized carbons (Fsp3) is 0.529. The summed E-state index contributed by atoms with van der Waals surface area (Å²) in [5, 5.41) is 0. The van der Waals surface area contributed by atoms with Gasteiger partial charge in [-0.2, -0.15) is 0 Å². The Labute approximate surface area is 125 Å². The number of likely N-dealkylation sites (tertiary alicyclic amines) is 1. The molecule has 1 aliphatic heterocycles. The van der Waals surface area contributed by atoms with E-state index >= 15 is 0 Å². The van der Waals surface area contributed by atoms with Crippen molar-refractivity contribution in [2.45, 2.75) is 26.7 Å². The number of hydrogen-bond donors (Lipinski definition) is 0. The molecule has 1 amide bonds. The van der Waals surface area contributed by atoms with Crippen LogP contribution < -0.4 is 0 Å². The summed E-state index contributed by atoms with van der Waals surface area (Å²) < 4.78 is 1.97. The second-order valence-corrected chi connectivity index (χ2v) is 6.59. The van der Waals surface area contributed by atoms with Gasteiger partial charge in [-0.3, -0.25) is 4.79 Å². The quantitative estimate of drug-likeness (QED) is 0.869. The van der Waals surface area contributed by atoms with E-state index < -0.39 is 0 Å². The van der Waals surface area contributed by atoms with Crippen LogP contribution in [0.5, 0.6) is 0 Å². The molecule has 1 saturated heterocycles. The standard InChI is InChI=1S/C17H23N3O/c1-12(2)8-13-6-7-20(10-13)17(21)14-4-5-16-15(9-14)18-11-19(16)3/h4-5,9,11-13H,6-8,10H2,1-3H3. The number of aromatic nitrogens is 2. The summed E-state index contributed by atoms with van der Waals surface area (Å²) in [7, 11) is 1.97. The lowest BCUT2D eigenvalue weighted by atomic mass is 9.97. The van der Waals surface area contributed by atoms with Crippen LogP contribution in [0, 0.1) is 11.8 Å². The van der Waals surface area contributed by atoms with Crippen molar-refractivity contribution >= 4 is 16.9 Å². The highest BCUT2D eigenvalue weighted by Gasteiger charge is 2.27. The molecule has 1 aliphatic rings. The minimum absolute atomic E-state index is 0.147. The first-order valence-electron chi connectivity index (χ1n) is 7.75. The molecule has 1 atom stereocenters. The van der Waals surface area contributed by atoms with Crippen molar-refractivity contribution in [3.8, 4) is 0 Å². The summed E-state index contributed by atoms with van der Waals surface area (Å²) in [5.74, 6) is 1.51. The average molecular weight is 285 g/mol. The Bertz CT molecular complexity index is 659. The van der Waals surface area contributed by atoms with Crippen LogP contribution in [0.3, 0.4) is 0 Å². The Morgan fingerprint density at radius 3 is 3.00 bits per heavy atom. The van der Waals surface area contributed by atoms with Crippen molar-refractivity contribution in [2.75, 3.05) is 13.1 Å². The molecule has 2 aromatic rings. The van der Waals surface area contributed by atoms with Crippen LogP contribution in [-0.4, -0.2) is 33.4 Å². The monoisotopic (exact) mass is 285 g/mol. The zero-order chi connectivity index (χ0) is 15.0. The fourth-order valence-corrected chi connectivity index (χ4v) is 3.33. The minimum Gasteiger partial charge on any atom is -0.338 e. The summed E-state index contributed by atoms with van der Waals surface area (Å²) in [4.78, 5) is 19.0. The van der Waals surface area contributed by atoms with Gasteiger partial charge in [0.1, 0.15) is 0 Å². The zero-order valence-electron chi connectivity index (χ0n) is 13.0. The molecule has 112 valence electrons. The topological polar surface area (TPSA) is 38.1 Å². The van der Waals surface area contributed by atoms with E-state index in [0.29, 0.717) is 11.8 Å². The number of carbonyl (C=O) groups excluding carboxylic acids is 1. The van der Waals surface area contributed by atoms with Crippen LogP contribution in [0.2, 0.25) is 0 Å². The van der Waals surface area contributed by atoms with Crippen molar-refractivity contribution in [2.24, 2.45) is 18.9 Å². The molecule has 1 fully saturated rings. The molecule has 0 saturated carbocycles. The number of fused-ring (bicyclic) bond motifs is 1. The van der Waals surface area contributed by atoms with Crippen molar-refractivity contribution in [3.63, 3.8) is 0 Å². The van der Waals surface area contributed by atoms with E-state index in [4.69, 9.17) is 0 Å². The van der Waals surface area contributed by atoms with Crippen LogP contribution in [-0.2, 0) is 7.05 Å². The number of carbonyl (C=O) groups is 1. The highest BCUT2D eigenvalue weighted by Crippen LogP contribution is 2.25. The van der Waals surface area contributed by atoms with Gasteiger partial charge in [0, 0.05) is 25.7 Å². The Hall–Kier alpha value is -1.84. The van der Waals surface area contributed by atoms with Gasteiger partial charge in [0.2, 0.25) is 0 Å². The maximum absolute atomic E-state index is 12.6. The molecule has 0 spiro atoms. The van der Waals surface area contributed by atoms with Crippen LogP contribution in [0.1, 0.15) is 37.0 Å². The molecule has 2 heterocycles. The zero-order valence-corrected chi connectivity index (χ0v) is 13.0. The first-order valence-corrected chi connectivity index (χ1v) is 7.75. The third-order valence-electron chi connectivity index (χ3n) is 4.35. The van der Waals surface area contributed by atoms with E-state index in [1.165, 1.54) is 6.42 Å². The smallest absolute Gasteiger partial charge is 0.253 e. The van der Waals surface area contributed by atoms with Gasteiger partial charge in [0.25, 0.3) is 5.91 Å². The van der Waals surface area contributed by atoms with E-state index in [1.807, 2.05) is 34.7 Å². The summed E-state index contributed by atoms with van der Waals surface area (Å²) in [6.45, 7) is 6.28. The van der Waals surface area contributed by atoms with Gasteiger partial charge in [-0.15, -0.1) is 0 Å². The van der Waals surface area contributed by atoms with Gasteiger partial charge < -0.3 is 9.47 Å². The Kier molecular flexibility index (Phi) is 3.70. The molecule has 3 rings (SSSR count). The summed E-state index contributed by atoms with van der Waals surface area (Å²) in [6.07, 6.45) is 4.13. The maximum atomic E-state index is 12.6. The molecule has 21 heavy (non-hydrogen) atoms. The molecule has 0 radical (unpaired) electrons. The number of imidazole rings is 1. The van der Waals surface area contributed by atoms with E-state index in [-0.39, 0.29) is 5.91 Å². The molecule has 1 aromatic carbocycles. The van der Waals surface area contributed by atoms with Crippen molar-refractivity contribution in [3.05, 3.63) is 30.1 Å². The predicted molar refractivity (Wildman–Crippen MR) is 84.2 cm³/mol. The van der Waals surface area contributed by atoms with Gasteiger partial charge in [0.05, 0.1) is 17.4 Å². The van der Waals surface area contributed by atoms with Crippen molar-refractivity contribution < 1.29 is 4.79 Å². The number of amides is 1. The van der Waals surface area contributed by atoms with Gasteiger partial charge in [-0.25, -0.2) is 4.98 Å². The molecule has 0 bridgehead atoms. The molecule has 4 nitrogen and oxygen atoms in total. The lowest BCUT2D eigenvalue weighted by Crippen LogP contribution is -2.28. The number of rotatable bonds is 3. The van der Waals surface area contributed by atoms with Crippen LogP contribution in [0.4, 0.5) is 0 Å². The number of benzene rings is 1. The molecule has 1 aromatic heterocycles. The molecular weight excluding hydrogens is 262 g/mol. The Morgan fingerprint density at radius 2 is 2.24 bits per heavy atom. The molecule has 1 unspecified atom stereocenters. The van der Waals surface area contributed by atoms with Crippen molar-refractivity contribution in [1.82, 2.24) is 14.5 Å². The Balaban J connectivity index is 1.75. The number of aryl methyl sites for hydroxylation is 1. The summed E-state index contributed by atoms with van der Waals surface area (Å²) in [5.41, 5.74) is 2.71. The lowest BCUT2D eigenvalue weighted by molar-refractivity contribution is 0.0785. The highest BCUT2D eigenvalue weighted by atomic mass is 16.2. The second kappa shape index (κ2) is 5.51. The minimum atomic E-state index is 0.147. The largest absolute Gasteiger partial charge is 0.338 e. The number of hydrogen-bond acceptors (Lipinski definition) is 2. The third kappa shape index (κ3) is 2.80. The van der Waals surface area contributed by atoms with Gasteiger partial charge in [-0.1, -0.05) is 13.8 Å². The van der Waals surface area contributed by atoms with E-state index in [1.54, 1.807) is 6.33 Å². The van der Waals surface area contributed by atoms with E-state index in [2.05, 4.69) is 18.8 Å². The normalized spacial score (nSPS) is 18.9. The fourth-order valence-electron chi connectivity index (χ4n) is 3.33. The third-order valence-corrected chi connectivity index (χ3v) is 4.35. The van der Waals surface area contributed by atoms with Crippen LogP contribution in [0.25, 0.3) is 11.0 Å². The molecule has 0 N–H and O–H groups in total. The van der Waals surface area contributed by atoms with Gasteiger partial charge in [0.15, 0.2) is 0 Å². The van der Waals surface area contributed by atoms with Crippen LogP contribution in [0.15, 0.2) is 24.5 Å². The van der Waals surface area contributed by atoms with Gasteiger partial charge in [-0.05, 0) is 42.9 Å². The average Bonchev–Trinajstić information content (AvgIpc) is 3.05.